The van der Waals surface area contributed by atoms with Gasteiger partial charge in [-0.2, -0.15) is 0 Å². The molecule has 1 amide bonds. The van der Waals surface area contributed by atoms with Gasteiger partial charge in [0.2, 0.25) is 5.91 Å². The van der Waals surface area contributed by atoms with Crippen LogP contribution < -0.4 is 10.1 Å². The number of piperazine rings is 1. The van der Waals surface area contributed by atoms with E-state index in [0.29, 0.717) is 12.3 Å². The van der Waals surface area contributed by atoms with Crippen molar-refractivity contribution in [1.29, 1.82) is 0 Å². The van der Waals surface area contributed by atoms with Gasteiger partial charge in [0.15, 0.2) is 0 Å². The second-order valence-corrected chi connectivity index (χ2v) is 7.23. The van der Waals surface area contributed by atoms with E-state index >= 15 is 0 Å². The molecule has 1 saturated heterocycles. The summed E-state index contributed by atoms with van der Waals surface area (Å²) >= 11 is 0. The van der Waals surface area contributed by atoms with Crippen LogP contribution in [0, 0.1) is 0 Å². The first kappa shape index (κ1) is 20.3. The van der Waals surface area contributed by atoms with E-state index in [2.05, 4.69) is 39.4 Å². The highest BCUT2D eigenvalue weighted by Crippen LogP contribution is 2.16. The number of β-amino-alcohol motifs (C(OH)–C–C–N with tert-alkyl or cyclic N) is 1. The normalized spacial score (nSPS) is 16.5. The molecule has 6 nitrogen and oxygen atoms in total. The summed E-state index contributed by atoms with van der Waals surface area (Å²) in [6.45, 7) is 7.24. The van der Waals surface area contributed by atoms with E-state index in [4.69, 9.17) is 4.74 Å². The third-order valence-electron chi connectivity index (χ3n) is 4.80. The Morgan fingerprint density at radius 2 is 1.68 bits per heavy atom. The number of carbonyl (C=O) groups is 1. The Morgan fingerprint density at radius 3 is 2.32 bits per heavy atom. The van der Waals surface area contributed by atoms with Crippen LogP contribution in [0.15, 0.2) is 54.6 Å². The number of anilines is 1. The molecule has 6 heteroatoms. The number of hydrogen-bond donors (Lipinski definition) is 2. The van der Waals surface area contributed by atoms with Crippen molar-refractivity contribution < 1.29 is 14.6 Å². The second kappa shape index (κ2) is 10.2. The molecular weight excluding hydrogens is 354 g/mol. The van der Waals surface area contributed by atoms with Crippen molar-refractivity contribution in [1.82, 2.24) is 9.80 Å². The standard InChI is InChI=1S/C22H29N3O3/c1-18(26)23-20-7-9-22(10-8-20)28-17-21(27)16-25-13-11-24(12-14-25)15-19-5-3-2-4-6-19/h2-10,21,27H,11-17H2,1H3,(H,23,26)/t21-/m1/s1. The SMILES string of the molecule is CC(=O)Nc1ccc(OC[C@H](O)CN2CCN(Cc3ccccc3)CC2)cc1. The number of hydrogen-bond acceptors (Lipinski definition) is 5. The van der Waals surface area contributed by atoms with Crippen LogP contribution >= 0.6 is 0 Å². The van der Waals surface area contributed by atoms with E-state index in [1.54, 1.807) is 24.3 Å². The molecule has 1 aliphatic rings. The zero-order chi connectivity index (χ0) is 19.8. The molecule has 0 radical (unpaired) electrons. The van der Waals surface area contributed by atoms with E-state index in [9.17, 15) is 9.90 Å². The highest BCUT2D eigenvalue weighted by molar-refractivity contribution is 5.88. The van der Waals surface area contributed by atoms with Crippen LogP contribution in [0.5, 0.6) is 5.75 Å². The fraction of sp³-hybridized carbons (Fsp3) is 0.409. The zero-order valence-electron chi connectivity index (χ0n) is 16.4. The average molecular weight is 383 g/mol. The molecule has 3 rings (SSSR count). The lowest BCUT2D eigenvalue weighted by Crippen LogP contribution is -2.48. The predicted octanol–water partition coefficient (Wildman–Crippen LogP) is 2.20. The van der Waals surface area contributed by atoms with Crippen molar-refractivity contribution in [2.75, 3.05) is 44.6 Å². The first-order valence-electron chi connectivity index (χ1n) is 9.75. The van der Waals surface area contributed by atoms with E-state index in [0.717, 1.165) is 38.4 Å². The van der Waals surface area contributed by atoms with Gasteiger partial charge < -0.3 is 15.2 Å². The predicted molar refractivity (Wildman–Crippen MR) is 110 cm³/mol. The summed E-state index contributed by atoms with van der Waals surface area (Å²) in [6, 6.07) is 17.7. The van der Waals surface area contributed by atoms with E-state index in [1.165, 1.54) is 12.5 Å². The quantitative estimate of drug-likeness (QED) is 0.732. The molecule has 0 spiro atoms. The molecular formula is C22H29N3O3. The molecule has 0 bridgehead atoms. The van der Waals surface area contributed by atoms with Gasteiger partial charge in [-0.05, 0) is 29.8 Å². The average Bonchev–Trinajstić information content (AvgIpc) is 2.69. The Balaban J connectivity index is 1.35. The second-order valence-electron chi connectivity index (χ2n) is 7.23. The van der Waals surface area contributed by atoms with E-state index in [1.807, 2.05) is 6.07 Å². The summed E-state index contributed by atoms with van der Waals surface area (Å²) in [6.07, 6.45) is -0.532. The van der Waals surface area contributed by atoms with Crippen LogP contribution in [-0.4, -0.2) is 66.2 Å². The number of amides is 1. The third kappa shape index (κ3) is 6.64. The summed E-state index contributed by atoms with van der Waals surface area (Å²) < 4.78 is 5.67. The minimum absolute atomic E-state index is 0.104. The largest absolute Gasteiger partial charge is 0.491 e. The topological polar surface area (TPSA) is 65.0 Å². The van der Waals surface area contributed by atoms with Crippen LogP contribution in [0.4, 0.5) is 5.69 Å². The lowest BCUT2D eigenvalue weighted by Gasteiger charge is -2.35. The number of rotatable bonds is 8. The molecule has 2 N–H and O–H groups in total. The molecule has 0 aliphatic carbocycles. The summed E-state index contributed by atoms with van der Waals surface area (Å²) in [5.41, 5.74) is 2.07. The number of aliphatic hydroxyl groups is 1. The molecule has 0 saturated carbocycles. The van der Waals surface area contributed by atoms with Crippen molar-refractivity contribution in [3.8, 4) is 5.75 Å². The molecule has 1 aliphatic heterocycles. The van der Waals surface area contributed by atoms with Gasteiger partial charge in [0.25, 0.3) is 0 Å². The van der Waals surface area contributed by atoms with Gasteiger partial charge in [-0.1, -0.05) is 30.3 Å². The van der Waals surface area contributed by atoms with Gasteiger partial charge in [0.1, 0.15) is 18.5 Å². The molecule has 150 valence electrons. The van der Waals surface area contributed by atoms with Crippen molar-refractivity contribution >= 4 is 11.6 Å². The Hall–Kier alpha value is -2.41. The zero-order valence-corrected chi connectivity index (χ0v) is 16.4. The fourth-order valence-corrected chi connectivity index (χ4v) is 3.35. The minimum atomic E-state index is -0.532. The van der Waals surface area contributed by atoms with Crippen molar-refractivity contribution in [2.24, 2.45) is 0 Å². The van der Waals surface area contributed by atoms with Gasteiger partial charge in [0, 0.05) is 51.9 Å². The Labute approximate surface area is 166 Å². The number of aliphatic hydroxyl groups excluding tert-OH is 1. The minimum Gasteiger partial charge on any atom is -0.491 e. The molecule has 0 unspecified atom stereocenters. The highest BCUT2D eigenvalue weighted by Gasteiger charge is 2.19. The summed E-state index contributed by atoms with van der Waals surface area (Å²) in [5.74, 6) is 0.578. The highest BCUT2D eigenvalue weighted by atomic mass is 16.5. The Morgan fingerprint density at radius 1 is 1.04 bits per heavy atom. The molecule has 2 aromatic carbocycles. The smallest absolute Gasteiger partial charge is 0.221 e. The maximum absolute atomic E-state index is 11.0. The van der Waals surface area contributed by atoms with Crippen LogP contribution in [0.1, 0.15) is 12.5 Å². The number of carbonyl (C=O) groups excluding carboxylic acids is 1. The van der Waals surface area contributed by atoms with E-state index < -0.39 is 6.10 Å². The van der Waals surface area contributed by atoms with Crippen LogP contribution in [0.2, 0.25) is 0 Å². The lowest BCUT2D eigenvalue weighted by atomic mass is 10.2. The summed E-state index contributed by atoms with van der Waals surface area (Å²) in [5, 5.41) is 13.0. The molecule has 0 aromatic heterocycles. The first-order chi connectivity index (χ1) is 13.6. The number of benzene rings is 2. The van der Waals surface area contributed by atoms with Gasteiger partial charge in [-0.15, -0.1) is 0 Å². The summed E-state index contributed by atoms with van der Waals surface area (Å²) in [7, 11) is 0. The van der Waals surface area contributed by atoms with Gasteiger partial charge in [-0.25, -0.2) is 0 Å². The van der Waals surface area contributed by atoms with Gasteiger partial charge >= 0.3 is 0 Å². The number of nitrogens with one attached hydrogen (secondary N) is 1. The van der Waals surface area contributed by atoms with Crippen LogP contribution in [-0.2, 0) is 11.3 Å². The first-order valence-corrected chi connectivity index (χ1v) is 9.75. The number of ether oxygens (including phenoxy) is 1. The Bertz CT molecular complexity index is 728. The lowest BCUT2D eigenvalue weighted by molar-refractivity contribution is -0.114. The molecule has 2 aromatic rings. The van der Waals surface area contributed by atoms with Crippen LogP contribution in [0.3, 0.4) is 0 Å². The van der Waals surface area contributed by atoms with Crippen molar-refractivity contribution in [3.63, 3.8) is 0 Å². The molecule has 28 heavy (non-hydrogen) atoms. The van der Waals surface area contributed by atoms with Crippen LogP contribution in [0.25, 0.3) is 0 Å². The van der Waals surface area contributed by atoms with Gasteiger partial charge in [-0.3, -0.25) is 14.6 Å². The molecule has 1 heterocycles. The fourth-order valence-electron chi connectivity index (χ4n) is 3.35. The van der Waals surface area contributed by atoms with E-state index in [-0.39, 0.29) is 12.5 Å². The Kier molecular flexibility index (Phi) is 7.42. The molecule has 1 atom stereocenters. The van der Waals surface area contributed by atoms with Gasteiger partial charge in [0.05, 0.1) is 0 Å². The van der Waals surface area contributed by atoms with Crippen molar-refractivity contribution in [2.45, 2.75) is 19.6 Å². The maximum atomic E-state index is 11.0. The third-order valence-corrected chi connectivity index (χ3v) is 4.80. The monoisotopic (exact) mass is 383 g/mol. The van der Waals surface area contributed by atoms with Crippen molar-refractivity contribution in [3.05, 3.63) is 60.2 Å². The number of nitrogens with zero attached hydrogens (tertiary/aromatic N) is 2. The maximum Gasteiger partial charge on any atom is 0.221 e. The molecule has 1 fully saturated rings. The summed E-state index contributed by atoms with van der Waals surface area (Å²) in [4.78, 5) is 15.8.